The molecular weight excluding hydrogens is 344 g/mol. The van der Waals surface area contributed by atoms with Gasteiger partial charge in [-0.15, -0.1) is 0 Å². The van der Waals surface area contributed by atoms with Gasteiger partial charge in [0.1, 0.15) is 11.2 Å². The van der Waals surface area contributed by atoms with Crippen molar-refractivity contribution in [3.8, 4) is 11.1 Å². The Hall–Kier alpha value is -3.79. The van der Waals surface area contributed by atoms with Crippen LogP contribution in [0.3, 0.4) is 0 Å². The molecule has 0 radical (unpaired) electrons. The highest BCUT2D eigenvalue weighted by atomic mass is 15.1. The number of hydrogen-bond acceptors (Lipinski definition) is 3. The molecule has 0 saturated heterocycles. The van der Waals surface area contributed by atoms with Gasteiger partial charge in [0.25, 0.3) is 0 Å². The van der Waals surface area contributed by atoms with Crippen LogP contribution in [0.2, 0.25) is 0 Å². The number of benzene rings is 2. The Morgan fingerprint density at radius 2 is 1.57 bits per heavy atom. The van der Waals surface area contributed by atoms with Crippen LogP contribution in [0, 0.1) is 0 Å². The van der Waals surface area contributed by atoms with E-state index in [0.717, 1.165) is 45.0 Å². The van der Waals surface area contributed by atoms with Gasteiger partial charge < -0.3 is 0 Å². The van der Waals surface area contributed by atoms with Crippen LogP contribution >= 0.6 is 0 Å². The minimum atomic E-state index is 0.870. The Balaban J connectivity index is 1.82. The highest BCUT2D eigenvalue weighted by Gasteiger charge is 2.24. The van der Waals surface area contributed by atoms with E-state index in [1.807, 2.05) is 24.5 Å². The van der Waals surface area contributed by atoms with Crippen LogP contribution < -0.4 is 0 Å². The largest absolute Gasteiger partial charge is 0.274 e. The molecule has 130 valence electrons. The minimum absolute atomic E-state index is 0.870. The summed E-state index contributed by atoms with van der Waals surface area (Å²) in [7, 11) is 0. The molecule has 4 heteroatoms. The van der Waals surface area contributed by atoms with Gasteiger partial charge in [0.05, 0.1) is 11.0 Å². The predicted molar refractivity (Wildman–Crippen MR) is 112 cm³/mol. The van der Waals surface area contributed by atoms with Crippen LogP contribution in [-0.4, -0.2) is 19.4 Å². The molecule has 0 unspecified atom stereocenters. The van der Waals surface area contributed by atoms with Crippen LogP contribution in [0.25, 0.3) is 49.7 Å². The lowest BCUT2D eigenvalue weighted by Gasteiger charge is -2.09. The third-order valence-corrected chi connectivity index (χ3v) is 5.88. The maximum absolute atomic E-state index is 5.00. The fourth-order valence-electron chi connectivity index (χ4n) is 4.73. The normalized spacial score (nSPS) is 12.9. The molecular formula is C24H14N4. The molecule has 1 aliphatic carbocycles. The van der Waals surface area contributed by atoms with Crippen molar-refractivity contribution in [1.29, 1.82) is 0 Å². The second kappa shape index (κ2) is 4.93. The van der Waals surface area contributed by atoms with Crippen molar-refractivity contribution in [2.24, 2.45) is 0 Å². The number of aromatic nitrogens is 4. The lowest BCUT2D eigenvalue weighted by molar-refractivity contribution is 1.22. The van der Waals surface area contributed by atoms with Gasteiger partial charge in [0, 0.05) is 28.7 Å². The number of pyridine rings is 3. The van der Waals surface area contributed by atoms with Gasteiger partial charge in [-0.1, -0.05) is 36.4 Å². The Kier molecular flexibility index (Phi) is 2.51. The summed E-state index contributed by atoms with van der Waals surface area (Å²) in [5, 5.41) is 2.19. The van der Waals surface area contributed by atoms with E-state index in [9.17, 15) is 0 Å². The fourth-order valence-corrected chi connectivity index (χ4v) is 4.73. The Morgan fingerprint density at radius 1 is 0.714 bits per heavy atom. The SMILES string of the molecule is c1ccc2c(c1)Cc1ccc3nc4c5ncccc5c5cccnc5n4c3c1-2. The first kappa shape index (κ1) is 14.3. The summed E-state index contributed by atoms with van der Waals surface area (Å²) in [5.41, 5.74) is 10.1. The molecule has 1 aliphatic rings. The first-order chi connectivity index (χ1) is 13.9. The van der Waals surface area contributed by atoms with Gasteiger partial charge in [-0.05, 0) is 47.4 Å². The molecule has 0 saturated carbocycles. The highest BCUT2D eigenvalue weighted by Crippen LogP contribution is 2.42. The molecule has 0 aliphatic heterocycles. The molecule has 6 aromatic rings. The molecule has 0 fully saturated rings. The molecule has 0 spiro atoms. The summed E-state index contributed by atoms with van der Waals surface area (Å²) in [6, 6.07) is 21.2. The van der Waals surface area contributed by atoms with Crippen LogP contribution in [0.1, 0.15) is 11.1 Å². The number of nitrogens with zero attached hydrogens (tertiary/aromatic N) is 4. The van der Waals surface area contributed by atoms with Crippen molar-refractivity contribution in [3.05, 3.63) is 84.2 Å². The molecule has 0 N–H and O–H groups in total. The quantitative estimate of drug-likeness (QED) is 0.352. The van der Waals surface area contributed by atoms with Crippen molar-refractivity contribution in [2.45, 2.75) is 6.42 Å². The van der Waals surface area contributed by atoms with E-state index in [1.165, 1.54) is 22.3 Å². The van der Waals surface area contributed by atoms with Gasteiger partial charge in [0.2, 0.25) is 0 Å². The standard InChI is InChI=1S/C24H14N4/c1-2-6-16-14(5-1)13-15-9-10-19-22(20(15)16)28-23-18(8-4-12-26-23)17-7-3-11-25-21(17)24(28)27-19/h1-12H,13H2. The van der Waals surface area contributed by atoms with E-state index < -0.39 is 0 Å². The molecule has 7 rings (SSSR count). The van der Waals surface area contributed by atoms with Crippen molar-refractivity contribution >= 4 is 38.6 Å². The summed E-state index contributed by atoms with van der Waals surface area (Å²) >= 11 is 0. The average Bonchev–Trinajstić information content (AvgIpc) is 3.32. The minimum Gasteiger partial charge on any atom is -0.274 e. The maximum atomic E-state index is 5.00. The van der Waals surface area contributed by atoms with E-state index in [4.69, 9.17) is 9.97 Å². The van der Waals surface area contributed by atoms with Crippen LogP contribution in [-0.2, 0) is 6.42 Å². The third-order valence-electron chi connectivity index (χ3n) is 5.88. The van der Waals surface area contributed by atoms with Crippen molar-refractivity contribution in [3.63, 3.8) is 0 Å². The van der Waals surface area contributed by atoms with E-state index in [1.54, 1.807) is 0 Å². The van der Waals surface area contributed by atoms with Crippen molar-refractivity contribution in [2.75, 3.05) is 0 Å². The molecule has 4 aromatic heterocycles. The maximum Gasteiger partial charge on any atom is 0.166 e. The molecule has 2 aromatic carbocycles. The molecule has 0 amide bonds. The Labute approximate surface area is 160 Å². The van der Waals surface area contributed by atoms with Gasteiger partial charge in [-0.25, -0.2) is 9.97 Å². The summed E-state index contributed by atoms with van der Waals surface area (Å²) in [5.74, 6) is 0. The summed E-state index contributed by atoms with van der Waals surface area (Å²) in [6.07, 6.45) is 4.66. The van der Waals surface area contributed by atoms with Gasteiger partial charge >= 0.3 is 0 Å². The fraction of sp³-hybridized carbons (Fsp3) is 0.0417. The Bertz CT molecular complexity index is 1590. The highest BCUT2D eigenvalue weighted by molar-refractivity contribution is 6.13. The first-order valence-corrected chi connectivity index (χ1v) is 9.44. The smallest absolute Gasteiger partial charge is 0.166 e. The van der Waals surface area contributed by atoms with Crippen LogP contribution in [0.15, 0.2) is 73.1 Å². The summed E-state index contributed by atoms with van der Waals surface area (Å²) < 4.78 is 2.21. The topological polar surface area (TPSA) is 43.1 Å². The van der Waals surface area contributed by atoms with Gasteiger partial charge in [-0.3, -0.25) is 9.38 Å². The van der Waals surface area contributed by atoms with Gasteiger partial charge in [0.15, 0.2) is 5.65 Å². The molecule has 28 heavy (non-hydrogen) atoms. The summed E-state index contributed by atoms with van der Waals surface area (Å²) in [6.45, 7) is 0. The van der Waals surface area contributed by atoms with Gasteiger partial charge in [-0.2, -0.15) is 0 Å². The van der Waals surface area contributed by atoms with E-state index in [-0.39, 0.29) is 0 Å². The number of hydrogen-bond donors (Lipinski definition) is 0. The number of rotatable bonds is 0. The third kappa shape index (κ3) is 1.63. The van der Waals surface area contributed by atoms with E-state index in [0.29, 0.717) is 0 Å². The van der Waals surface area contributed by atoms with E-state index >= 15 is 0 Å². The monoisotopic (exact) mass is 358 g/mol. The average molecular weight is 358 g/mol. The predicted octanol–water partition coefficient (Wildman–Crippen LogP) is 5.16. The number of fused-ring (bicyclic) bond motifs is 12. The zero-order valence-electron chi connectivity index (χ0n) is 14.9. The summed E-state index contributed by atoms with van der Waals surface area (Å²) in [4.78, 5) is 14.4. The Morgan fingerprint density at radius 3 is 2.54 bits per heavy atom. The van der Waals surface area contributed by atoms with E-state index in [2.05, 4.69) is 57.9 Å². The van der Waals surface area contributed by atoms with Crippen molar-refractivity contribution < 1.29 is 0 Å². The lowest BCUT2D eigenvalue weighted by atomic mass is 10.0. The second-order valence-corrected chi connectivity index (χ2v) is 7.35. The second-order valence-electron chi connectivity index (χ2n) is 7.35. The molecule has 0 bridgehead atoms. The first-order valence-electron chi connectivity index (χ1n) is 9.44. The van der Waals surface area contributed by atoms with Crippen LogP contribution in [0.5, 0.6) is 0 Å². The zero-order chi connectivity index (χ0) is 18.2. The lowest BCUT2D eigenvalue weighted by Crippen LogP contribution is -1.96. The zero-order valence-corrected chi connectivity index (χ0v) is 14.9. The number of imidazole rings is 1. The molecule has 4 heterocycles. The van der Waals surface area contributed by atoms with Crippen molar-refractivity contribution in [1.82, 2.24) is 19.4 Å². The molecule has 4 nitrogen and oxygen atoms in total. The van der Waals surface area contributed by atoms with Crippen LogP contribution in [0.4, 0.5) is 0 Å². The molecule has 0 atom stereocenters.